The molecule has 1 rings (SSSR count). The first-order valence-corrected chi connectivity index (χ1v) is 6.66. The van der Waals surface area contributed by atoms with E-state index in [1.165, 1.54) is 11.1 Å². The Hall–Kier alpha value is -1.30. The van der Waals surface area contributed by atoms with Gasteiger partial charge < -0.3 is 5.73 Å². The lowest BCUT2D eigenvalue weighted by Crippen LogP contribution is -2.24. The van der Waals surface area contributed by atoms with E-state index in [9.17, 15) is 0 Å². The zero-order valence-corrected chi connectivity index (χ0v) is 11.5. The van der Waals surface area contributed by atoms with Crippen LogP contribution in [-0.2, 0) is 6.54 Å². The number of terminal acetylenes is 1. The molecular weight excluding hydrogens is 220 g/mol. The normalized spacial score (nSPS) is 12.4. The van der Waals surface area contributed by atoms with E-state index in [4.69, 9.17) is 12.2 Å². The summed E-state index contributed by atoms with van der Waals surface area (Å²) in [4.78, 5) is 2.29. The van der Waals surface area contributed by atoms with Crippen LogP contribution in [0.2, 0.25) is 0 Å². The molecule has 0 heterocycles. The Morgan fingerprint density at radius 1 is 1.33 bits per heavy atom. The fourth-order valence-corrected chi connectivity index (χ4v) is 2.01. The summed E-state index contributed by atoms with van der Waals surface area (Å²) in [5.74, 6) is 3.15. The van der Waals surface area contributed by atoms with Crippen LogP contribution in [0.4, 0.5) is 0 Å². The first kappa shape index (κ1) is 14.8. The molecule has 2 N–H and O–H groups in total. The second-order valence-electron chi connectivity index (χ2n) is 4.79. The summed E-state index contributed by atoms with van der Waals surface area (Å²) in [5, 5.41) is 0. The quantitative estimate of drug-likeness (QED) is 0.747. The van der Waals surface area contributed by atoms with E-state index in [0.29, 0.717) is 12.5 Å². The number of hydrogen-bond donors (Lipinski definition) is 1. The standard InChI is InChI=1S/C16H24N2/c1-4-10-18(11-5-2)13-15-6-8-16(9-7-15)14(3)12-17/h1,6-9,14H,5,10-13,17H2,2-3H3. The van der Waals surface area contributed by atoms with Crippen molar-refractivity contribution in [3.05, 3.63) is 35.4 Å². The Morgan fingerprint density at radius 2 is 2.00 bits per heavy atom. The third kappa shape index (κ3) is 4.52. The Kier molecular flexibility index (Phi) is 6.49. The highest BCUT2D eigenvalue weighted by molar-refractivity contribution is 5.25. The smallest absolute Gasteiger partial charge is 0.0601 e. The highest BCUT2D eigenvalue weighted by Gasteiger charge is 2.05. The van der Waals surface area contributed by atoms with E-state index in [0.717, 1.165) is 26.1 Å². The van der Waals surface area contributed by atoms with Crippen molar-refractivity contribution in [2.45, 2.75) is 32.7 Å². The number of benzene rings is 1. The summed E-state index contributed by atoms with van der Waals surface area (Å²) in [7, 11) is 0. The van der Waals surface area contributed by atoms with Crippen molar-refractivity contribution in [1.29, 1.82) is 0 Å². The molecule has 0 fully saturated rings. The van der Waals surface area contributed by atoms with Gasteiger partial charge in [-0.15, -0.1) is 6.42 Å². The molecule has 0 aliphatic carbocycles. The number of rotatable bonds is 7. The minimum atomic E-state index is 0.427. The van der Waals surface area contributed by atoms with E-state index in [1.54, 1.807) is 0 Å². The molecule has 2 heteroatoms. The lowest BCUT2D eigenvalue weighted by molar-refractivity contribution is 0.299. The third-order valence-electron chi connectivity index (χ3n) is 3.16. The average molecular weight is 244 g/mol. The minimum Gasteiger partial charge on any atom is -0.330 e. The molecule has 98 valence electrons. The monoisotopic (exact) mass is 244 g/mol. The van der Waals surface area contributed by atoms with Gasteiger partial charge in [-0.1, -0.05) is 44.0 Å². The molecule has 0 bridgehead atoms. The maximum Gasteiger partial charge on any atom is 0.0601 e. The molecule has 1 aromatic rings. The van der Waals surface area contributed by atoms with Gasteiger partial charge in [0.15, 0.2) is 0 Å². The van der Waals surface area contributed by atoms with E-state index in [-0.39, 0.29) is 0 Å². The van der Waals surface area contributed by atoms with Gasteiger partial charge in [-0.2, -0.15) is 0 Å². The lowest BCUT2D eigenvalue weighted by atomic mass is 10.00. The summed E-state index contributed by atoms with van der Waals surface area (Å²) >= 11 is 0. The largest absolute Gasteiger partial charge is 0.330 e. The van der Waals surface area contributed by atoms with Crippen LogP contribution in [0.25, 0.3) is 0 Å². The van der Waals surface area contributed by atoms with Crippen molar-refractivity contribution in [2.24, 2.45) is 5.73 Å². The molecule has 1 aromatic carbocycles. The van der Waals surface area contributed by atoms with Gasteiger partial charge >= 0.3 is 0 Å². The zero-order chi connectivity index (χ0) is 13.4. The van der Waals surface area contributed by atoms with Crippen LogP contribution < -0.4 is 5.73 Å². The first-order chi connectivity index (χ1) is 8.71. The van der Waals surface area contributed by atoms with Crippen molar-refractivity contribution in [2.75, 3.05) is 19.6 Å². The van der Waals surface area contributed by atoms with Gasteiger partial charge in [-0.25, -0.2) is 0 Å². The molecule has 0 saturated carbocycles. The SMILES string of the molecule is C#CCN(CCC)Cc1ccc(C(C)CN)cc1. The maximum atomic E-state index is 5.67. The van der Waals surface area contributed by atoms with Gasteiger partial charge in [0, 0.05) is 6.54 Å². The maximum absolute atomic E-state index is 5.67. The van der Waals surface area contributed by atoms with Crippen LogP contribution in [0, 0.1) is 12.3 Å². The van der Waals surface area contributed by atoms with Crippen LogP contribution in [0.5, 0.6) is 0 Å². The van der Waals surface area contributed by atoms with Gasteiger partial charge in [0.1, 0.15) is 0 Å². The van der Waals surface area contributed by atoms with E-state index in [2.05, 4.69) is 48.9 Å². The van der Waals surface area contributed by atoms with Gasteiger partial charge in [0.2, 0.25) is 0 Å². The Morgan fingerprint density at radius 3 is 2.50 bits per heavy atom. The molecule has 0 aliphatic rings. The molecule has 2 nitrogen and oxygen atoms in total. The fourth-order valence-electron chi connectivity index (χ4n) is 2.01. The molecule has 0 spiro atoms. The number of nitrogens with zero attached hydrogens (tertiary/aromatic N) is 1. The Bertz CT molecular complexity index is 375. The minimum absolute atomic E-state index is 0.427. The number of hydrogen-bond acceptors (Lipinski definition) is 2. The van der Waals surface area contributed by atoms with Crippen LogP contribution >= 0.6 is 0 Å². The third-order valence-corrected chi connectivity index (χ3v) is 3.16. The summed E-state index contributed by atoms with van der Waals surface area (Å²) < 4.78 is 0. The van der Waals surface area contributed by atoms with Gasteiger partial charge in [-0.05, 0) is 36.6 Å². The highest BCUT2D eigenvalue weighted by atomic mass is 15.1. The Balaban J connectivity index is 2.64. The molecule has 0 aliphatic heterocycles. The van der Waals surface area contributed by atoms with Crippen molar-refractivity contribution in [3.63, 3.8) is 0 Å². The number of nitrogens with two attached hydrogens (primary N) is 1. The lowest BCUT2D eigenvalue weighted by Gasteiger charge is -2.19. The molecule has 1 unspecified atom stereocenters. The first-order valence-electron chi connectivity index (χ1n) is 6.66. The molecule has 0 aromatic heterocycles. The summed E-state index contributed by atoms with van der Waals surface area (Å²) in [5.41, 5.74) is 8.29. The van der Waals surface area contributed by atoms with Gasteiger partial charge in [0.05, 0.1) is 6.54 Å². The van der Waals surface area contributed by atoms with Gasteiger partial charge in [-0.3, -0.25) is 4.90 Å². The van der Waals surface area contributed by atoms with Crippen LogP contribution in [0.3, 0.4) is 0 Å². The molecule has 0 amide bonds. The van der Waals surface area contributed by atoms with Crippen LogP contribution in [0.15, 0.2) is 24.3 Å². The molecular formula is C16H24N2. The van der Waals surface area contributed by atoms with E-state index in [1.807, 2.05) is 0 Å². The predicted molar refractivity (Wildman–Crippen MR) is 78.3 cm³/mol. The van der Waals surface area contributed by atoms with Crippen molar-refractivity contribution < 1.29 is 0 Å². The van der Waals surface area contributed by atoms with E-state index >= 15 is 0 Å². The van der Waals surface area contributed by atoms with E-state index < -0.39 is 0 Å². The predicted octanol–water partition coefficient (Wildman–Crippen LogP) is 2.59. The molecule has 18 heavy (non-hydrogen) atoms. The zero-order valence-electron chi connectivity index (χ0n) is 11.5. The Labute approximate surface area is 111 Å². The van der Waals surface area contributed by atoms with Crippen molar-refractivity contribution in [1.82, 2.24) is 4.90 Å². The topological polar surface area (TPSA) is 29.3 Å². The average Bonchev–Trinajstić information content (AvgIpc) is 2.39. The molecule has 0 radical (unpaired) electrons. The highest BCUT2D eigenvalue weighted by Crippen LogP contribution is 2.15. The van der Waals surface area contributed by atoms with Crippen molar-refractivity contribution in [3.8, 4) is 12.3 Å². The summed E-state index contributed by atoms with van der Waals surface area (Å²) in [6.45, 7) is 7.71. The van der Waals surface area contributed by atoms with Crippen LogP contribution in [-0.4, -0.2) is 24.5 Å². The van der Waals surface area contributed by atoms with Crippen LogP contribution in [0.1, 0.15) is 37.3 Å². The summed E-state index contributed by atoms with van der Waals surface area (Å²) in [6.07, 6.45) is 6.52. The molecule has 0 saturated heterocycles. The second-order valence-corrected chi connectivity index (χ2v) is 4.79. The summed E-state index contributed by atoms with van der Waals surface area (Å²) in [6, 6.07) is 8.71. The second kappa shape index (κ2) is 7.92. The van der Waals surface area contributed by atoms with Crippen molar-refractivity contribution >= 4 is 0 Å². The molecule has 1 atom stereocenters. The fraction of sp³-hybridized carbons (Fsp3) is 0.500. The van der Waals surface area contributed by atoms with Gasteiger partial charge in [0.25, 0.3) is 0 Å².